The second-order valence-electron chi connectivity index (χ2n) is 5.98. The average molecular weight is 423 g/mol. The van der Waals surface area contributed by atoms with Crippen molar-refractivity contribution in [2.45, 2.75) is 19.5 Å². The molecule has 3 nitrogen and oxygen atoms in total. The van der Waals surface area contributed by atoms with Gasteiger partial charge in [-0.2, -0.15) is 13.2 Å². The molecule has 0 bridgehead atoms. The van der Waals surface area contributed by atoms with E-state index in [0.717, 1.165) is 46.5 Å². The van der Waals surface area contributed by atoms with Crippen LogP contribution in [0.15, 0.2) is 53.4 Å². The van der Waals surface area contributed by atoms with E-state index in [1.807, 2.05) is 19.1 Å². The highest BCUT2D eigenvalue weighted by Crippen LogP contribution is 2.38. The highest BCUT2D eigenvalue weighted by atomic mass is 32.2. The molecule has 0 atom stereocenters. The number of anilines is 1. The molecule has 1 saturated heterocycles. The molecule has 0 aromatic heterocycles. The van der Waals surface area contributed by atoms with Gasteiger partial charge in [-0.05, 0) is 48.4 Å². The predicted molar refractivity (Wildman–Crippen MR) is 109 cm³/mol. The first-order chi connectivity index (χ1) is 13.3. The van der Waals surface area contributed by atoms with E-state index >= 15 is 0 Å². The first-order valence-corrected chi connectivity index (χ1v) is 9.70. The Morgan fingerprint density at radius 3 is 2.54 bits per heavy atom. The van der Waals surface area contributed by atoms with Crippen LogP contribution >= 0.6 is 24.0 Å². The first-order valence-electron chi connectivity index (χ1n) is 8.47. The zero-order valence-electron chi connectivity index (χ0n) is 14.8. The Morgan fingerprint density at radius 2 is 1.89 bits per heavy atom. The van der Waals surface area contributed by atoms with Crippen molar-refractivity contribution in [3.05, 3.63) is 64.6 Å². The summed E-state index contributed by atoms with van der Waals surface area (Å²) in [6.45, 7) is 2.63. The zero-order chi connectivity index (χ0) is 20.3. The van der Waals surface area contributed by atoms with Crippen LogP contribution in [0.3, 0.4) is 0 Å². The highest BCUT2D eigenvalue weighted by molar-refractivity contribution is 8.27. The van der Waals surface area contributed by atoms with Gasteiger partial charge in [0.2, 0.25) is 0 Å². The monoisotopic (exact) mass is 423 g/mol. The van der Waals surface area contributed by atoms with Crippen LogP contribution in [0.5, 0.6) is 5.75 Å². The van der Waals surface area contributed by atoms with Crippen LogP contribution in [-0.4, -0.2) is 16.8 Å². The molecule has 1 fully saturated rings. The fraction of sp³-hybridized carbons (Fsp3) is 0.200. The van der Waals surface area contributed by atoms with Crippen molar-refractivity contribution in [3.63, 3.8) is 0 Å². The quantitative estimate of drug-likeness (QED) is 0.442. The molecular formula is C20H16F3NO2S2. The van der Waals surface area contributed by atoms with E-state index in [1.165, 1.54) is 12.1 Å². The molecule has 2 aromatic rings. The van der Waals surface area contributed by atoms with Gasteiger partial charge >= 0.3 is 6.18 Å². The number of alkyl halides is 3. The maximum absolute atomic E-state index is 13.0. The van der Waals surface area contributed by atoms with E-state index in [-0.39, 0.29) is 10.0 Å². The second kappa shape index (κ2) is 8.36. The molecule has 0 spiro atoms. The third kappa shape index (κ3) is 4.56. The molecule has 0 radical (unpaired) electrons. The number of carbonyl (C=O) groups excluding carboxylic acids is 1. The van der Waals surface area contributed by atoms with E-state index in [9.17, 15) is 18.0 Å². The van der Waals surface area contributed by atoms with Gasteiger partial charge in [0, 0.05) is 0 Å². The molecule has 0 N–H and O–H groups in total. The smallest absolute Gasteiger partial charge is 0.416 e. The Bertz CT molecular complexity index is 924. The minimum atomic E-state index is -4.49. The average Bonchev–Trinajstić information content (AvgIpc) is 2.94. The lowest BCUT2D eigenvalue weighted by molar-refractivity contribution is -0.137. The maximum atomic E-state index is 13.0. The number of carbonyl (C=O) groups is 1. The Hall–Kier alpha value is -2.32. The molecule has 1 heterocycles. The van der Waals surface area contributed by atoms with Crippen LogP contribution in [0, 0.1) is 0 Å². The summed E-state index contributed by atoms with van der Waals surface area (Å²) in [6.07, 6.45) is -1.93. The number of hydrogen-bond donors (Lipinski definition) is 0. The van der Waals surface area contributed by atoms with E-state index in [2.05, 4.69) is 0 Å². The summed E-state index contributed by atoms with van der Waals surface area (Å²) < 4.78 is 44.6. The molecule has 8 heteroatoms. The molecule has 0 aliphatic carbocycles. The van der Waals surface area contributed by atoms with Crippen molar-refractivity contribution in [2.75, 3.05) is 11.5 Å². The maximum Gasteiger partial charge on any atom is 0.416 e. The van der Waals surface area contributed by atoms with E-state index in [1.54, 1.807) is 18.2 Å². The van der Waals surface area contributed by atoms with E-state index in [4.69, 9.17) is 17.0 Å². The van der Waals surface area contributed by atoms with Crippen molar-refractivity contribution in [1.29, 1.82) is 0 Å². The number of thiocarbonyl (C=S) groups is 1. The predicted octanol–water partition coefficient (Wildman–Crippen LogP) is 5.90. The lowest BCUT2D eigenvalue weighted by Crippen LogP contribution is -2.27. The molecule has 1 aliphatic rings. The molecule has 0 saturated carbocycles. The summed E-state index contributed by atoms with van der Waals surface area (Å²) in [7, 11) is 0. The van der Waals surface area contributed by atoms with Crippen LogP contribution in [0.2, 0.25) is 0 Å². The molecule has 0 unspecified atom stereocenters. The summed E-state index contributed by atoms with van der Waals surface area (Å²) in [6, 6.07) is 11.8. The summed E-state index contributed by atoms with van der Waals surface area (Å²) >= 11 is 6.28. The van der Waals surface area contributed by atoms with Gasteiger partial charge in [-0.25, -0.2) is 0 Å². The minimum Gasteiger partial charge on any atom is -0.494 e. The van der Waals surface area contributed by atoms with Gasteiger partial charge in [0.05, 0.1) is 22.8 Å². The molecule has 3 rings (SSSR count). The Balaban J connectivity index is 1.83. The lowest BCUT2D eigenvalue weighted by atomic mass is 10.1. The largest absolute Gasteiger partial charge is 0.494 e. The molecule has 1 amide bonds. The minimum absolute atomic E-state index is 0.101. The number of amides is 1. The Kier molecular flexibility index (Phi) is 6.10. The van der Waals surface area contributed by atoms with Gasteiger partial charge in [0.15, 0.2) is 4.32 Å². The van der Waals surface area contributed by atoms with Crippen LogP contribution in [0.25, 0.3) is 6.08 Å². The Labute approximate surface area is 170 Å². The molecule has 1 aliphatic heterocycles. The molecule has 146 valence electrons. The molecular weight excluding hydrogens is 407 g/mol. The lowest BCUT2D eigenvalue weighted by Gasteiger charge is -2.16. The second-order valence-corrected chi connectivity index (χ2v) is 7.66. The SMILES string of the molecule is CCCOc1ccc(C=C2SC(=S)N(c3cccc(C(F)(F)F)c3)C2=O)cc1. The number of halogens is 3. The highest BCUT2D eigenvalue weighted by Gasteiger charge is 2.36. The van der Waals surface area contributed by atoms with Gasteiger partial charge in [-0.3, -0.25) is 9.69 Å². The van der Waals surface area contributed by atoms with Crippen LogP contribution in [0.1, 0.15) is 24.5 Å². The summed E-state index contributed by atoms with van der Waals surface area (Å²) in [5.74, 6) is 0.288. The summed E-state index contributed by atoms with van der Waals surface area (Å²) in [5, 5.41) is 0. The van der Waals surface area contributed by atoms with Crippen molar-refractivity contribution < 1.29 is 22.7 Å². The van der Waals surface area contributed by atoms with Crippen LogP contribution in [-0.2, 0) is 11.0 Å². The van der Waals surface area contributed by atoms with Gasteiger partial charge in [-0.15, -0.1) is 0 Å². The fourth-order valence-electron chi connectivity index (χ4n) is 2.54. The van der Waals surface area contributed by atoms with Crippen molar-refractivity contribution in [3.8, 4) is 5.75 Å². The van der Waals surface area contributed by atoms with E-state index < -0.39 is 17.6 Å². The van der Waals surface area contributed by atoms with Crippen LogP contribution in [0.4, 0.5) is 18.9 Å². The standard InChI is InChI=1S/C20H16F3NO2S2/c1-2-10-26-16-8-6-13(7-9-16)11-17-18(25)24(19(27)28-17)15-5-3-4-14(12-15)20(21,22)23/h3-9,11-12H,2,10H2,1H3. The normalized spacial score (nSPS) is 16.1. The number of ether oxygens (including phenoxy) is 1. The fourth-order valence-corrected chi connectivity index (χ4v) is 3.84. The number of hydrogen-bond acceptors (Lipinski definition) is 4. The van der Waals surface area contributed by atoms with Crippen LogP contribution < -0.4 is 9.64 Å². The van der Waals surface area contributed by atoms with Crippen molar-refractivity contribution in [1.82, 2.24) is 0 Å². The number of benzene rings is 2. The van der Waals surface area contributed by atoms with Crippen molar-refractivity contribution in [2.24, 2.45) is 0 Å². The van der Waals surface area contributed by atoms with Gasteiger partial charge in [0.1, 0.15) is 5.75 Å². The summed E-state index contributed by atoms with van der Waals surface area (Å²) in [5.41, 5.74) is 0.0446. The number of rotatable bonds is 5. The summed E-state index contributed by atoms with van der Waals surface area (Å²) in [4.78, 5) is 14.2. The topological polar surface area (TPSA) is 29.5 Å². The zero-order valence-corrected chi connectivity index (χ0v) is 16.5. The van der Waals surface area contributed by atoms with Crippen molar-refractivity contribution >= 4 is 46.0 Å². The number of nitrogens with zero attached hydrogens (tertiary/aromatic N) is 1. The molecule has 2 aromatic carbocycles. The third-order valence-electron chi connectivity index (χ3n) is 3.88. The van der Waals surface area contributed by atoms with Gasteiger partial charge in [-0.1, -0.05) is 49.1 Å². The molecule has 28 heavy (non-hydrogen) atoms. The van der Waals surface area contributed by atoms with Gasteiger partial charge in [0.25, 0.3) is 5.91 Å². The number of thioether (sulfide) groups is 1. The first kappa shape index (κ1) is 20.4. The van der Waals surface area contributed by atoms with Gasteiger partial charge < -0.3 is 4.74 Å². The third-order valence-corrected chi connectivity index (χ3v) is 5.18. The van der Waals surface area contributed by atoms with E-state index in [0.29, 0.717) is 11.5 Å². The Morgan fingerprint density at radius 1 is 1.18 bits per heavy atom.